The molecule has 0 unspecified atom stereocenters. The summed E-state index contributed by atoms with van der Waals surface area (Å²) in [6.07, 6.45) is 7.41. The number of nitrogens with zero attached hydrogens (tertiary/aromatic N) is 1. The first kappa shape index (κ1) is 13.4. The first-order valence-electron chi connectivity index (χ1n) is 5.60. The molecule has 0 atom stereocenters. The maximum atomic E-state index is 11.9. The largest absolute Gasteiger partial charge is 0.480 e. The zero-order chi connectivity index (χ0) is 13.1. The Morgan fingerprint density at radius 1 is 1.53 bits per heavy atom. The second kappa shape index (κ2) is 5.09. The van der Waals surface area contributed by atoms with Crippen LogP contribution in [0.15, 0.2) is 0 Å². The van der Waals surface area contributed by atoms with Gasteiger partial charge in [-0.15, -0.1) is 6.42 Å². The summed E-state index contributed by atoms with van der Waals surface area (Å²) in [5, 5.41) is 11.4. The van der Waals surface area contributed by atoms with E-state index in [1.54, 1.807) is 0 Å². The van der Waals surface area contributed by atoms with Crippen molar-refractivity contribution in [3.63, 3.8) is 0 Å². The number of nitrogens with one attached hydrogen (secondary N) is 1. The lowest BCUT2D eigenvalue weighted by Gasteiger charge is -2.27. The summed E-state index contributed by atoms with van der Waals surface area (Å²) in [7, 11) is 0. The lowest BCUT2D eigenvalue weighted by Crippen LogP contribution is -2.54. The molecule has 0 aromatic rings. The van der Waals surface area contributed by atoms with Gasteiger partial charge in [-0.05, 0) is 32.6 Å². The van der Waals surface area contributed by atoms with Crippen molar-refractivity contribution in [2.24, 2.45) is 5.92 Å². The minimum atomic E-state index is -1.28. The summed E-state index contributed by atoms with van der Waals surface area (Å²) >= 11 is 0. The van der Waals surface area contributed by atoms with Gasteiger partial charge in [0.1, 0.15) is 5.54 Å². The van der Waals surface area contributed by atoms with Crippen molar-refractivity contribution in [2.75, 3.05) is 13.1 Å². The van der Waals surface area contributed by atoms with E-state index in [1.807, 2.05) is 0 Å². The van der Waals surface area contributed by atoms with Crippen LogP contribution in [0.2, 0.25) is 0 Å². The third kappa shape index (κ3) is 3.99. The highest BCUT2D eigenvalue weighted by Crippen LogP contribution is 2.29. The summed E-state index contributed by atoms with van der Waals surface area (Å²) in [6, 6.07) is -0.415. The van der Waals surface area contributed by atoms with Gasteiger partial charge >= 0.3 is 12.0 Å². The van der Waals surface area contributed by atoms with Crippen LogP contribution >= 0.6 is 0 Å². The normalized spacial score (nSPS) is 14.9. The summed E-state index contributed by atoms with van der Waals surface area (Å²) in [5.41, 5.74) is -1.28. The van der Waals surface area contributed by atoms with E-state index in [0.717, 1.165) is 12.8 Å². The van der Waals surface area contributed by atoms with Crippen LogP contribution in [0, 0.1) is 18.3 Å². The maximum Gasteiger partial charge on any atom is 0.328 e. The molecule has 1 aliphatic carbocycles. The Labute approximate surface area is 101 Å². The topological polar surface area (TPSA) is 69.6 Å². The number of rotatable bonds is 5. The van der Waals surface area contributed by atoms with Crippen molar-refractivity contribution in [1.29, 1.82) is 0 Å². The van der Waals surface area contributed by atoms with E-state index in [0.29, 0.717) is 12.5 Å². The average molecular weight is 238 g/mol. The predicted molar refractivity (Wildman–Crippen MR) is 63.4 cm³/mol. The fraction of sp³-hybridized carbons (Fsp3) is 0.667. The number of hydrogen-bond acceptors (Lipinski definition) is 2. The molecule has 94 valence electrons. The van der Waals surface area contributed by atoms with Gasteiger partial charge in [-0.1, -0.05) is 5.92 Å². The highest BCUT2D eigenvalue weighted by molar-refractivity contribution is 5.85. The van der Waals surface area contributed by atoms with Crippen molar-refractivity contribution >= 4 is 12.0 Å². The Balaban J connectivity index is 2.58. The molecule has 0 heterocycles. The van der Waals surface area contributed by atoms with E-state index < -0.39 is 17.5 Å². The van der Waals surface area contributed by atoms with Crippen LogP contribution in [0.3, 0.4) is 0 Å². The zero-order valence-electron chi connectivity index (χ0n) is 10.2. The molecular formula is C12H18N2O3. The molecule has 2 N–H and O–H groups in total. The molecule has 0 aromatic heterocycles. The van der Waals surface area contributed by atoms with Crippen LogP contribution in [0.4, 0.5) is 4.79 Å². The second-order valence-electron chi connectivity index (χ2n) is 4.89. The molecule has 0 spiro atoms. The third-order valence-electron chi connectivity index (χ3n) is 2.70. The monoisotopic (exact) mass is 238 g/mol. The van der Waals surface area contributed by atoms with Crippen LogP contribution in [0.5, 0.6) is 0 Å². The molecule has 1 fully saturated rings. The van der Waals surface area contributed by atoms with Gasteiger partial charge in [0, 0.05) is 6.54 Å². The molecule has 2 amide bonds. The summed E-state index contributed by atoms with van der Waals surface area (Å²) in [4.78, 5) is 24.3. The Morgan fingerprint density at radius 2 is 2.12 bits per heavy atom. The Morgan fingerprint density at radius 3 is 2.53 bits per heavy atom. The van der Waals surface area contributed by atoms with E-state index >= 15 is 0 Å². The highest BCUT2D eigenvalue weighted by atomic mass is 16.4. The van der Waals surface area contributed by atoms with Crippen molar-refractivity contribution in [2.45, 2.75) is 32.2 Å². The van der Waals surface area contributed by atoms with Crippen LogP contribution in [0.25, 0.3) is 0 Å². The lowest BCUT2D eigenvalue weighted by atomic mass is 10.1. The molecule has 0 aliphatic heterocycles. The first-order valence-corrected chi connectivity index (χ1v) is 5.60. The van der Waals surface area contributed by atoms with Crippen LogP contribution in [-0.4, -0.2) is 40.6 Å². The molecule has 0 saturated heterocycles. The maximum absolute atomic E-state index is 11.9. The second-order valence-corrected chi connectivity index (χ2v) is 4.89. The Kier molecular flexibility index (Phi) is 4.00. The highest BCUT2D eigenvalue weighted by Gasteiger charge is 2.32. The number of amides is 2. The van der Waals surface area contributed by atoms with Gasteiger partial charge in [0.05, 0.1) is 6.54 Å². The molecule has 1 saturated carbocycles. The van der Waals surface area contributed by atoms with Gasteiger partial charge < -0.3 is 15.3 Å². The van der Waals surface area contributed by atoms with Gasteiger partial charge in [0.25, 0.3) is 0 Å². The molecule has 0 aromatic carbocycles. The van der Waals surface area contributed by atoms with E-state index in [9.17, 15) is 9.59 Å². The van der Waals surface area contributed by atoms with E-state index in [2.05, 4.69) is 11.2 Å². The predicted octanol–water partition coefficient (Wildman–Crippen LogP) is 0.904. The molecule has 5 heteroatoms. The van der Waals surface area contributed by atoms with Gasteiger partial charge in [-0.3, -0.25) is 0 Å². The number of carbonyl (C=O) groups is 2. The standard InChI is InChI=1S/C12H18N2O3/c1-4-7-14(8-9-5-6-9)11(17)13-12(2,3)10(15)16/h1,9H,5-8H2,2-3H3,(H,13,17)(H,15,16). The number of carboxylic acid groups (broad SMARTS) is 1. The van der Waals surface area contributed by atoms with E-state index in [4.69, 9.17) is 11.5 Å². The van der Waals surface area contributed by atoms with Gasteiger partial charge in [-0.2, -0.15) is 0 Å². The number of carboxylic acids is 1. The van der Waals surface area contributed by atoms with Crippen LogP contribution < -0.4 is 5.32 Å². The fourth-order valence-electron chi connectivity index (χ4n) is 1.34. The number of urea groups is 1. The number of aliphatic carboxylic acids is 1. The van der Waals surface area contributed by atoms with Crippen molar-refractivity contribution < 1.29 is 14.7 Å². The number of carbonyl (C=O) groups excluding carboxylic acids is 1. The summed E-state index contributed by atoms with van der Waals surface area (Å²) in [6.45, 7) is 3.70. The zero-order valence-corrected chi connectivity index (χ0v) is 10.2. The molecule has 1 rings (SSSR count). The molecule has 5 nitrogen and oxygen atoms in total. The minimum Gasteiger partial charge on any atom is -0.480 e. The van der Waals surface area contributed by atoms with Crippen LogP contribution in [-0.2, 0) is 4.79 Å². The lowest BCUT2D eigenvalue weighted by molar-refractivity contribution is -0.143. The van der Waals surface area contributed by atoms with Crippen molar-refractivity contribution in [1.82, 2.24) is 10.2 Å². The number of hydrogen-bond donors (Lipinski definition) is 2. The SMILES string of the molecule is C#CCN(CC1CC1)C(=O)NC(C)(C)C(=O)O. The quantitative estimate of drug-likeness (QED) is 0.699. The van der Waals surface area contributed by atoms with Gasteiger partial charge in [0.2, 0.25) is 0 Å². The first-order chi connectivity index (χ1) is 7.86. The summed E-state index contributed by atoms with van der Waals surface area (Å²) in [5.74, 6) is 1.86. The van der Waals surface area contributed by atoms with E-state index in [1.165, 1.54) is 18.7 Å². The molecule has 17 heavy (non-hydrogen) atoms. The Bertz CT molecular complexity index is 353. The summed E-state index contributed by atoms with van der Waals surface area (Å²) < 4.78 is 0. The van der Waals surface area contributed by atoms with Crippen molar-refractivity contribution in [3.05, 3.63) is 0 Å². The van der Waals surface area contributed by atoms with Crippen molar-refractivity contribution in [3.8, 4) is 12.3 Å². The van der Waals surface area contributed by atoms with Gasteiger partial charge in [0.15, 0.2) is 0 Å². The average Bonchev–Trinajstić information content (AvgIpc) is 3.00. The molecule has 0 bridgehead atoms. The number of terminal acetylenes is 1. The minimum absolute atomic E-state index is 0.206. The van der Waals surface area contributed by atoms with Gasteiger partial charge in [-0.25, -0.2) is 9.59 Å². The smallest absolute Gasteiger partial charge is 0.328 e. The third-order valence-corrected chi connectivity index (χ3v) is 2.70. The van der Waals surface area contributed by atoms with E-state index in [-0.39, 0.29) is 6.54 Å². The molecule has 1 aliphatic rings. The van der Waals surface area contributed by atoms with Crippen LogP contribution in [0.1, 0.15) is 26.7 Å². The Hall–Kier alpha value is -1.70. The molecule has 0 radical (unpaired) electrons. The fourth-order valence-corrected chi connectivity index (χ4v) is 1.34. The molecular weight excluding hydrogens is 220 g/mol.